The van der Waals surface area contributed by atoms with Crippen LogP contribution in [-0.4, -0.2) is 29.9 Å². The zero-order chi connectivity index (χ0) is 12.1. The second-order valence-electron chi connectivity index (χ2n) is 3.50. The number of benzene rings is 1. The molecule has 86 valence electrons. The molecule has 0 heterocycles. The molecule has 0 aliphatic heterocycles. The lowest BCUT2D eigenvalue weighted by Crippen LogP contribution is -2.30. The van der Waals surface area contributed by atoms with Crippen LogP contribution < -0.4 is 5.73 Å². The number of nitrogens with zero attached hydrogens (tertiary/aromatic N) is 3. The molecule has 6 heteroatoms. The molecule has 0 aliphatic carbocycles. The lowest BCUT2D eigenvalue weighted by Gasteiger charge is -2.10. The van der Waals surface area contributed by atoms with Crippen molar-refractivity contribution in [2.24, 2.45) is 10.7 Å². The smallest absolute Gasteiger partial charge is 0.269 e. The third-order valence-corrected chi connectivity index (χ3v) is 2.00. The summed E-state index contributed by atoms with van der Waals surface area (Å²) in [5, 5.41) is 10.5. The van der Waals surface area contributed by atoms with E-state index in [2.05, 4.69) is 4.99 Å². The predicted octanol–water partition coefficient (Wildman–Crippen LogP) is 0.971. The van der Waals surface area contributed by atoms with Gasteiger partial charge in [0, 0.05) is 26.2 Å². The van der Waals surface area contributed by atoms with E-state index in [9.17, 15) is 10.1 Å². The van der Waals surface area contributed by atoms with Gasteiger partial charge in [0.1, 0.15) is 0 Å². The lowest BCUT2D eigenvalue weighted by atomic mass is 10.2. The van der Waals surface area contributed by atoms with E-state index in [1.165, 1.54) is 12.1 Å². The van der Waals surface area contributed by atoms with Crippen molar-refractivity contribution in [3.63, 3.8) is 0 Å². The first kappa shape index (κ1) is 12.0. The van der Waals surface area contributed by atoms with Crippen molar-refractivity contribution in [1.82, 2.24) is 4.90 Å². The van der Waals surface area contributed by atoms with Crippen LogP contribution in [0.4, 0.5) is 5.69 Å². The molecule has 0 bridgehead atoms. The number of nitrogens with two attached hydrogens (primary N) is 1. The molecule has 1 rings (SSSR count). The Labute approximate surface area is 93.5 Å². The highest BCUT2D eigenvalue weighted by Gasteiger charge is 2.05. The second-order valence-corrected chi connectivity index (χ2v) is 3.50. The maximum atomic E-state index is 10.5. The van der Waals surface area contributed by atoms with E-state index >= 15 is 0 Å². The summed E-state index contributed by atoms with van der Waals surface area (Å²) >= 11 is 0. The minimum Gasteiger partial charge on any atom is -0.370 e. The number of hydrogen-bond donors (Lipinski definition) is 1. The van der Waals surface area contributed by atoms with Crippen molar-refractivity contribution in [2.45, 2.75) is 6.54 Å². The van der Waals surface area contributed by atoms with Gasteiger partial charge in [-0.05, 0) is 5.56 Å². The maximum absolute atomic E-state index is 10.5. The predicted molar refractivity (Wildman–Crippen MR) is 62.1 cm³/mol. The van der Waals surface area contributed by atoms with Crippen molar-refractivity contribution in [3.8, 4) is 0 Å². The molecule has 0 saturated carbocycles. The molecule has 0 saturated heterocycles. The fourth-order valence-electron chi connectivity index (χ4n) is 1.08. The van der Waals surface area contributed by atoms with Crippen molar-refractivity contribution < 1.29 is 4.92 Å². The minimum absolute atomic E-state index is 0.0659. The zero-order valence-electron chi connectivity index (χ0n) is 9.25. The first-order chi connectivity index (χ1) is 7.50. The Morgan fingerprint density at radius 2 is 2.25 bits per heavy atom. The summed E-state index contributed by atoms with van der Waals surface area (Å²) in [6.45, 7) is 0.339. The van der Waals surface area contributed by atoms with Gasteiger partial charge in [-0.1, -0.05) is 12.1 Å². The van der Waals surface area contributed by atoms with Crippen LogP contribution in [0.5, 0.6) is 0 Å². The molecule has 16 heavy (non-hydrogen) atoms. The van der Waals surface area contributed by atoms with E-state index < -0.39 is 4.92 Å². The molecule has 0 aliphatic rings. The maximum Gasteiger partial charge on any atom is 0.269 e. The molecule has 0 amide bonds. The Morgan fingerprint density at radius 3 is 2.81 bits per heavy atom. The van der Waals surface area contributed by atoms with E-state index in [-0.39, 0.29) is 5.69 Å². The Balaban J connectivity index is 2.79. The third kappa shape index (κ3) is 3.23. The molecule has 0 fully saturated rings. The highest BCUT2D eigenvalue weighted by Crippen LogP contribution is 2.13. The molecule has 0 aromatic heterocycles. The third-order valence-electron chi connectivity index (χ3n) is 2.00. The van der Waals surface area contributed by atoms with Crippen LogP contribution in [0.3, 0.4) is 0 Å². The van der Waals surface area contributed by atoms with E-state index in [0.29, 0.717) is 12.5 Å². The summed E-state index contributed by atoms with van der Waals surface area (Å²) in [5.74, 6) is 0.395. The monoisotopic (exact) mass is 222 g/mol. The van der Waals surface area contributed by atoms with E-state index in [4.69, 9.17) is 5.73 Å². The quantitative estimate of drug-likeness (QED) is 0.357. The Morgan fingerprint density at radius 1 is 1.56 bits per heavy atom. The van der Waals surface area contributed by atoms with Gasteiger partial charge in [-0.3, -0.25) is 10.1 Å². The molecule has 2 N–H and O–H groups in total. The minimum atomic E-state index is -0.428. The number of rotatable bonds is 3. The Bertz CT molecular complexity index is 415. The van der Waals surface area contributed by atoms with Crippen LogP contribution in [-0.2, 0) is 6.54 Å². The molecule has 0 unspecified atom stereocenters. The number of nitro groups is 1. The molecule has 1 aromatic rings. The van der Waals surface area contributed by atoms with Crippen LogP contribution in [0.15, 0.2) is 29.3 Å². The molecular formula is C10H14N4O2. The summed E-state index contributed by atoms with van der Waals surface area (Å²) < 4.78 is 0. The van der Waals surface area contributed by atoms with Crippen molar-refractivity contribution in [2.75, 3.05) is 14.1 Å². The van der Waals surface area contributed by atoms with Gasteiger partial charge in [0.2, 0.25) is 0 Å². The van der Waals surface area contributed by atoms with E-state index in [1.54, 1.807) is 31.1 Å². The standard InChI is InChI=1S/C10H14N4O2/c1-13(2)10(11)12-7-8-4-3-5-9(6-8)14(15)16/h3-6H,7H2,1-2H3,(H2,11,12). The fraction of sp³-hybridized carbons (Fsp3) is 0.300. The summed E-state index contributed by atoms with van der Waals surface area (Å²) in [7, 11) is 3.57. The Hall–Kier alpha value is -2.11. The topological polar surface area (TPSA) is 84.8 Å². The van der Waals surface area contributed by atoms with Crippen molar-refractivity contribution in [3.05, 3.63) is 39.9 Å². The first-order valence-corrected chi connectivity index (χ1v) is 4.71. The average molecular weight is 222 g/mol. The second kappa shape index (κ2) is 5.11. The highest BCUT2D eigenvalue weighted by atomic mass is 16.6. The van der Waals surface area contributed by atoms with Crippen LogP contribution in [0.25, 0.3) is 0 Å². The van der Waals surface area contributed by atoms with Gasteiger partial charge in [0.25, 0.3) is 5.69 Å². The fourth-order valence-corrected chi connectivity index (χ4v) is 1.08. The van der Waals surface area contributed by atoms with Crippen molar-refractivity contribution in [1.29, 1.82) is 0 Å². The molecule has 0 spiro atoms. The normalized spacial score (nSPS) is 11.2. The van der Waals surface area contributed by atoms with Gasteiger partial charge in [0.05, 0.1) is 11.5 Å². The molecule has 1 aromatic carbocycles. The lowest BCUT2D eigenvalue weighted by molar-refractivity contribution is -0.384. The molecule has 0 atom stereocenters. The van der Waals surface area contributed by atoms with Crippen LogP contribution >= 0.6 is 0 Å². The van der Waals surface area contributed by atoms with E-state index in [1.807, 2.05) is 0 Å². The van der Waals surface area contributed by atoms with Gasteiger partial charge in [0.15, 0.2) is 5.96 Å². The first-order valence-electron chi connectivity index (χ1n) is 4.71. The van der Waals surface area contributed by atoms with Crippen LogP contribution in [0.1, 0.15) is 5.56 Å². The molecular weight excluding hydrogens is 208 g/mol. The number of hydrogen-bond acceptors (Lipinski definition) is 3. The van der Waals surface area contributed by atoms with Gasteiger partial charge < -0.3 is 10.6 Å². The highest BCUT2D eigenvalue weighted by molar-refractivity contribution is 5.77. The number of guanidine groups is 1. The average Bonchev–Trinajstić information content (AvgIpc) is 2.26. The molecule has 0 radical (unpaired) electrons. The van der Waals surface area contributed by atoms with E-state index in [0.717, 1.165) is 5.56 Å². The van der Waals surface area contributed by atoms with Gasteiger partial charge >= 0.3 is 0 Å². The van der Waals surface area contributed by atoms with Gasteiger partial charge in [-0.2, -0.15) is 0 Å². The Kier molecular flexibility index (Phi) is 3.82. The van der Waals surface area contributed by atoms with Crippen LogP contribution in [0.2, 0.25) is 0 Å². The molecule has 6 nitrogen and oxygen atoms in total. The number of non-ortho nitro benzene ring substituents is 1. The van der Waals surface area contributed by atoms with Gasteiger partial charge in [-0.15, -0.1) is 0 Å². The van der Waals surface area contributed by atoms with Crippen molar-refractivity contribution >= 4 is 11.6 Å². The SMILES string of the molecule is CN(C)C(N)=NCc1cccc([N+](=O)[O-])c1. The largest absolute Gasteiger partial charge is 0.370 e. The van der Waals surface area contributed by atoms with Gasteiger partial charge in [-0.25, -0.2) is 4.99 Å². The number of aliphatic imine (C=N–C) groups is 1. The number of nitro benzene ring substituents is 1. The summed E-state index contributed by atoms with van der Waals surface area (Å²) in [4.78, 5) is 15.9. The summed E-state index contributed by atoms with van der Waals surface area (Å²) in [6, 6.07) is 6.35. The van der Waals surface area contributed by atoms with Crippen LogP contribution in [0, 0.1) is 10.1 Å². The summed E-state index contributed by atoms with van der Waals surface area (Å²) in [5.41, 5.74) is 6.43. The zero-order valence-corrected chi connectivity index (χ0v) is 9.25. The summed E-state index contributed by atoms with van der Waals surface area (Å²) in [6.07, 6.45) is 0.